The first-order valence-corrected chi connectivity index (χ1v) is 6.38. The third-order valence-electron chi connectivity index (χ3n) is 2.87. The van der Waals surface area contributed by atoms with Gasteiger partial charge in [0, 0.05) is 6.42 Å². The smallest absolute Gasteiger partial charge is 0.150 e. The second kappa shape index (κ2) is 6.03. The minimum absolute atomic E-state index is 0.190. The molecule has 0 saturated heterocycles. The highest BCUT2D eigenvalue weighted by Crippen LogP contribution is 2.12. The van der Waals surface area contributed by atoms with Crippen LogP contribution in [0.2, 0.25) is 0 Å². The predicted molar refractivity (Wildman–Crippen MR) is 65.1 cm³/mol. The van der Waals surface area contributed by atoms with Gasteiger partial charge < -0.3 is 5.73 Å². The lowest BCUT2D eigenvalue weighted by atomic mass is 9.93. The van der Waals surface area contributed by atoms with Crippen molar-refractivity contribution >= 4 is 17.1 Å². The van der Waals surface area contributed by atoms with Crippen LogP contribution in [0.15, 0.2) is 16.8 Å². The van der Waals surface area contributed by atoms with Crippen molar-refractivity contribution < 1.29 is 4.79 Å². The van der Waals surface area contributed by atoms with Gasteiger partial charge in [0.05, 0.1) is 6.04 Å². The summed E-state index contributed by atoms with van der Waals surface area (Å²) in [6, 6.07) is 1.78. The van der Waals surface area contributed by atoms with Crippen LogP contribution in [-0.4, -0.2) is 11.8 Å². The Morgan fingerprint density at radius 2 is 2.33 bits per heavy atom. The summed E-state index contributed by atoms with van der Waals surface area (Å²) >= 11 is 1.67. The number of hydrogen-bond acceptors (Lipinski definition) is 3. The summed E-state index contributed by atoms with van der Waals surface area (Å²) < 4.78 is 0. The molecule has 2 unspecified atom stereocenters. The Morgan fingerprint density at radius 3 is 2.87 bits per heavy atom. The Morgan fingerprint density at radius 1 is 1.60 bits per heavy atom. The van der Waals surface area contributed by atoms with Gasteiger partial charge in [-0.1, -0.05) is 20.3 Å². The number of aryl methyl sites for hydroxylation is 1. The van der Waals surface area contributed by atoms with Gasteiger partial charge in [0.25, 0.3) is 0 Å². The molecule has 1 aromatic rings. The molecular formula is C12H19NOS. The summed E-state index contributed by atoms with van der Waals surface area (Å²) in [5.41, 5.74) is 7.10. The zero-order chi connectivity index (χ0) is 11.3. The normalized spacial score (nSPS) is 14.9. The second-order valence-corrected chi connectivity index (χ2v) is 4.79. The first-order chi connectivity index (χ1) is 7.15. The highest BCUT2D eigenvalue weighted by molar-refractivity contribution is 7.07. The predicted octanol–water partition coefficient (Wildman–Crippen LogP) is 2.62. The molecule has 0 aromatic carbocycles. The monoisotopic (exact) mass is 225 g/mol. The molecule has 15 heavy (non-hydrogen) atoms. The number of ketones is 1. The Balaban J connectivity index is 2.36. The zero-order valence-electron chi connectivity index (χ0n) is 9.40. The van der Waals surface area contributed by atoms with Gasteiger partial charge in [-0.3, -0.25) is 4.79 Å². The molecule has 0 bridgehead atoms. The van der Waals surface area contributed by atoms with Gasteiger partial charge in [-0.2, -0.15) is 11.3 Å². The van der Waals surface area contributed by atoms with E-state index in [1.807, 2.05) is 12.3 Å². The summed E-state index contributed by atoms with van der Waals surface area (Å²) in [5, 5.41) is 4.12. The Bertz CT molecular complexity index is 295. The highest BCUT2D eigenvalue weighted by atomic mass is 32.1. The Kier molecular flexibility index (Phi) is 4.99. The Hall–Kier alpha value is -0.670. The summed E-state index contributed by atoms with van der Waals surface area (Å²) in [7, 11) is 0. The van der Waals surface area contributed by atoms with Crippen LogP contribution in [0.3, 0.4) is 0 Å². The van der Waals surface area contributed by atoms with Crippen LogP contribution in [0.5, 0.6) is 0 Å². The topological polar surface area (TPSA) is 43.1 Å². The number of thiophene rings is 1. The fraction of sp³-hybridized carbons (Fsp3) is 0.583. The van der Waals surface area contributed by atoms with Gasteiger partial charge in [0.2, 0.25) is 0 Å². The van der Waals surface area contributed by atoms with Crippen molar-refractivity contribution in [2.24, 2.45) is 11.7 Å². The van der Waals surface area contributed by atoms with E-state index in [0.717, 1.165) is 12.8 Å². The number of carbonyl (C=O) groups excluding carboxylic acids is 1. The van der Waals surface area contributed by atoms with Crippen molar-refractivity contribution in [2.75, 3.05) is 0 Å². The average Bonchev–Trinajstić information content (AvgIpc) is 2.76. The van der Waals surface area contributed by atoms with Crippen molar-refractivity contribution in [1.82, 2.24) is 0 Å². The molecule has 0 saturated carbocycles. The summed E-state index contributed by atoms with van der Waals surface area (Å²) in [5.74, 6) is 0.482. The summed E-state index contributed by atoms with van der Waals surface area (Å²) in [6.45, 7) is 4.10. The number of nitrogens with two attached hydrogens (primary N) is 1. The van der Waals surface area contributed by atoms with Crippen molar-refractivity contribution in [3.63, 3.8) is 0 Å². The van der Waals surface area contributed by atoms with E-state index in [0.29, 0.717) is 12.3 Å². The quantitative estimate of drug-likeness (QED) is 0.808. The SMILES string of the molecule is CCC(C)C(N)C(=O)CCc1ccsc1. The molecule has 1 aromatic heterocycles. The molecule has 84 valence electrons. The molecule has 0 aliphatic rings. The maximum absolute atomic E-state index is 11.7. The summed E-state index contributed by atoms with van der Waals surface area (Å²) in [4.78, 5) is 11.7. The van der Waals surface area contributed by atoms with Crippen LogP contribution in [0.4, 0.5) is 0 Å². The fourth-order valence-corrected chi connectivity index (χ4v) is 2.14. The molecular weight excluding hydrogens is 206 g/mol. The van der Waals surface area contributed by atoms with Gasteiger partial charge in [-0.25, -0.2) is 0 Å². The minimum Gasteiger partial charge on any atom is -0.321 e. The number of rotatable bonds is 6. The van der Waals surface area contributed by atoms with Crippen molar-refractivity contribution in [3.05, 3.63) is 22.4 Å². The molecule has 2 atom stereocenters. The third-order valence-corrected chi connectivity index (χ3v) is 3.60. The van der Waals surface area contributed by atoms with E-state index in [-0.39, 0.29) is 11.8 Å². The number of hydrogen-bond donors (Lipinski definition) is 1. The van der Waals surface area contributed by atoms with Crippen LogP contribution in [0.25, 0.3) is 0 Å². The highest BCUT2D eigenvalue weighted by Gasteiger charge is 2.18. The van der Waals surface area contributed by atoms with Crippen LogP contribution in [0, 0.1) is 5.92 Å². The molecule has 0 amide bonds. The first kappa shape index (κ1) is 12.4. The maximum Gasteiger partial charge on any atom is 0.150 e. The van der Waals surface area contributed by atoms with E-state index in [2.05, 4.69) is 18.4 Å². The van der Waals surface area contributed by atoms with Crippen molar-refractivity contribution in [3.8, 4) is 0 Å². The number of carbonyl (C=O) groups is 1. The molecule has 1 heterocycles. The van der Waals surface area contributed by atoms with E-state index in [1.54, 1.807) is 11.3 Å². The van der Waals surface area contributed by atoms with E-state index >= 15 is 0 Å². The first-order valence-electron chi connectivity index (χ1n) is 5.44. The molecule has 2 N–H and O–H groups in total. The zero-order valence-corrected chi connectivity index (χ0v) is 10.2. The van der Waals surface area contributed by atoms with Gasteiger partial charge in [0.15, 0.2) is 0 Å². The maximum atomic E-state index is 11.7. The van der Waals surface area contributed by atoms with Gasteiger partial charge in [-0.15, -0.1) is 0 Å². The van der Waals surface area contributed by atoms with Gasteiger partial charge in [0.1, 0.15) is 5.78 Å². The third kappa shape index (κ3) is 3.76. The van der Waals surface area contributed by atoms with E-state index in [9.17, 15) is 4.79 Å². The van der Waals surface area contributed by atoms with Crippen molar-refractivity contribution in [1.29, 1.82) is 0 Å². The van der Waals surface area contributed by atoms with E-state index in [1.165, 1.54) is 5.56 Å². The molecule has 0 fully saturated rings. The molecule has 0 aliphatic carbocycles. The van der Waals surface area contributed by atoms with E-state index < -0.39 is 0 Å². The summed E-state index contributed by atoms with van der Waals surface area (Å²) in [6.07, 6.45) is 2.36. The average molecular weight is 225 g/mol. The Labute approximate surface area is 95.5 Å². The van der Waals surface area contributed by atoms with Gasteiger partial charge >= 0.3 is 0 Å². The van der Waals surface area contributed by atoms with Gasteiger partial charge in [-0.05, 0) is 34.7 Å². The molecule has 0 radical (unpaired) electrons. The molecule has 2 nitrogen and oxygen atoms in total. The van der Waals surface area contributed by atoms with Crippen LogP contribution < -0.4 is 5.73 Å². The molecule has 0 aliphatic heterocycles. The lowest BCUT2D eigenvalue weighted by Crippen LogP contribution is -2.36. The minimum atomic E-state index is -0.284. The standard InChI is InChI=1S/C12H19NOS/c1-3-9(2)12(13)11(14)5-4-10-6-7-15-8-10/h6-9,12H,3-5,13H2,1-2H3. The van der Waals surface area contributed by atoms with Crippen LogP contribution >= 0.6 is 11.3 Å². The van der Waals surface area contributed by atoms with Crippen molar-refractivity contribution in [2.45, 2.75) is 39.2 Å². The van der Waals surface area contributed by atoms with E-state index in [4.69, 9.17) is 5.73 Å². The van der Waals surface area contributed by atoms with Crippen LogP contribution in [0.1, 0.15) is 32.3 Å². The lowest BCUT2D eigenvalue weighted by molar-refractivity contribution is -0.121. The second-order valence-electron chi connectivity index (χ2n) is 4.01. The van der Waals surface area contributed by atoms with Crippen LogP contribution in [-0.2, 0) is 11.2 Å². The number of Topliss-reactive ketones (excluding diaryl/α,β-unsaturated/α-hetero) is 1. The molecule has 1 rings (SSSR count). The fourth-order valence-electron chi connectivity index (χ4n) is 1.44. The molecule has 0 spiro atoms. The lowest BCUT2D eigenvalue weighted by Gasteiger charge is -2.16. The molecule has 3 heteroatoms. The largest absolute Gasteiger partial charge is 0.321 e.